The number of ether oxygens (including phenoxy) is 1. The number of carbonyl (C=O) groups is 1. The molecule has 0 spiro atoms. The van der Waals surface area contributed by atoms with Gasteiger partial charge in [-0.2, -0.15) is 0 Å². The van der Waals surface area contributed by atoms with E-state index in [4.69, 9.17) is 16.3 Å². The van der Waals surface area contributed by atoms with Crippen molar-refractivity contribution in [3.05, 3.63) is 89.6 Å². The molecule has 192 valence electrons. The number of para-hydroxylation sites is 3. The zero-order valence-electron chi connectivity index (χ0n) is 20.5. The van der Waals surface area contributed by atoms with Gasteiger partial charge in [0, 0.05) is 48.3 Å². The third-order valence-electron chi connectivity index (χ3n) is 6.70. The van der Waals surface area contributed by atoms with Gasteiger partial charge in [-0.05, 0) is 35.9 Å². The number of benzene rings is 3. The maximum absolute atomic E-state index is 13.4. The predicted octanol–water partition coefficient (Wildman–Crippen LogP) is 4.63. The molecule has 1 fully saturated rings. The smallest absolute Gasteiger partial charge is 0.242 e. The van der Waals surface area contributed by atoms with Gasteiger partial charge in [-0.1, -0.05) is 54.1 Å². The molecule has 0 radical (unpaired) electrons. The maximum atomic E-state index is 13.4. The fraction of sp³-hybridized carbons (Fsp3) is 0.250. The Labute approximate surface area is 221 Å². The second-order valence-electron chi connectivity index (χ2n) is 9.07. The van der Waals surface area contributed by atoms with Crippen LogP contribution in [0, 0.1) is 0 Å². The van der Waals surface area contributed by atoms with E-state index in [2.05, 4.69) is 4.90 Å². The topological polar surface area (TPSA) is 71.8 Å². The average Bonchev–Trinajstić information content (AvgIpc) is 3.28. The summed E-state index contributed by atoms with van der Waals surface area (Å²) in [7, 11) is -2.01. The van der Waals surface area contributed by atoms with Crippen molar-refractivity contribution in [2.45, 2.75) is 17.2 Å². The first-order chi connectivity index (χ1) is 17.9. The number of aromatic nitrogens is 1. The molecule has 1 aliphatic heterocycles. The first kappa shape index (κ1) is 25.2. The van der Waals surface area contributed by atoms with Crippen molar-refractivity contribution < 1.29 is 17.9 Å². The number of methoxy groups -OCH3 is 1. The van der Waals surface area contributed by atoms with Crippen molar-refractivity contribution in [1.82, 2.24) is 9.47 Å². The number of hydrogen-bond donors (Lipinski definition) is 0. The molecule has 0 atom stereocenters. The van der Waals surface area contributed by atoms with Crippen LogP contribution in [0.2, 0.25) is 5.02 Å². The molecule has 37 heavy (non-hydrogen) atoms. The Morgan fingerprint density at radius 2 is 1.68 bits per heavy atom. The zero-order valence-corrected chi connectivity index (χ0v) is 22.1. The SMILES string of the molecule is COc1ccccc1N1CCN(C(=O)Cn2cc(S(=O)(=O)Cc3cccc(Cl)c3)c3ccccc32)CC1. The molecular formula is C28H28ClN3O4S. The van der Waals surface area contributed by atoms with Crippen LogP contribution >= 0.6 is 11.6 Å². The van der Waals surface area contributed by atoms with Gasteiger partial charge in [0.05, 0.1) is 23.4 Å². The van der Waals surface area contributed by atoms with E-state index in [0.29, 0.717) is 47.7 Å². The monoisotopic (exact) mass is 537 g/mol. The molecule has 5 rings (SSSR count). The van der Waals surface area contributed by atoms with E-state index in [1.807, 2.05) is 47.4 Å². The lowest BCUT2D eigenvalue weighted by atomic mass is 10.2. The van der Waals surface area contributed by atoms with E-state index in [1.54, 1.807) is 48.2 Å². The van der Waals surface area contributed by atoms with Crippen LogP contribution in [0.15, 0.2) is 83.9 Å². The molecule has 0 saturated carbocycles. The standard InChI is InChI=1S/C28H28ClN3O4S/c1-36-26-12-5-4-11-25(26)30-13-15-31(16-14-30)28(33)19-32-18-27(23-9-2-3-10-24(23)32)37(34,35)20-21-7-6-8-22(29)17-21/h2-12,17-18H,13-16,19-20H2,1H3. The Kier molecular flexibility index (Phi) is 7.13. The minimum Gasteiger partial charge on any atom is -0.495 e. The van der Waals surface area contributed by atoms with Gasteiger partial charge in [0.1, 0.15) is 12.3 Å². The highest BCUT2D eigenvalue weighted by molar-refractivity contribution is 7.90. The molecule has 0 aliphatic carbocycles. The third-order valence-corrected chi connectivity index (χ3v) is 8.64. The quantitative estimate of drug-likeness (QED) is 0.344. The van der Waals surface area contributed by atoms with Crippen molar-refractivity contribution in [1.29, 1.82) is 0 Å². The first-order valence-corrected chi connectivity index (χ1v) is 14.1. The highest BCUT2D eigenvalue weighted by Gasteiger charge is 2.26. The van der Waals surface area contributed by atoms with Gasteiger partial charge in [0.25, 0.3) is 0 Å². The van der Waals surface area contributed by atoms with Crippen LogP contribution in [0.5, 0.6) is 5.75 Å². The Morgan fingerprint density at radius 1 is 0.946 bits per heavy atom. The Balaban J connectivity index is 1.33. The number of fused-ring (bicyclic) bond motifs is 1. The van der Waals surface area contributed by atoms with Gasteiger partial charge in [-0.3, -0.25) is 4.79 Å². The predicted molar refractivity (Wildman–Crippen MR) is 146 cm³/mol. The molecule has 2 heterocycles. The number of sulfone groups is 1. The van der Waals surface area contributed by atoms with E-state index in [9.17, 15) is 13.2 Å². The van der Waals surface area contributed by atoms with E-state index >= 15 is 0 Å². The molecule has 9 heteroatoms. The molecule has 0 unspecified atom stereocenters. The number of nitrogens with zero attached hydrogens (tertiary/aromatic N) is 3. The van der Waals surface area contributed by atoms with E-state index in [1.165, 1.54) is 0 Å². The van der Waals surface area contributed by atoms with Crippen LogP contribution in [-0.2, 0) is 26.9 Å². The van der Waals surface area contributed by atoms with Gasteiger partial charge >= 0.3 is 0 Å². The number of rotatable bonds is 7. The summed E-state index contributed by atoms with van der Waals surface area (Å²) in [5, 5.41) is 1.10. The minimum atomic E-state index is -3.66. The number of halogens is 1. The molecule has 1 aromatic heterocycles. The highest BCUT2D eigenvalue weighted by Crippen LogP contribution is 2.30. The number of anilines is 1. The summed E-state index contributed by atoms with van der Waals surface area (Å²) in [6, 6.07) is 22.0. The van der Waals surface area contributed by atoms with Crippen molar-refractivity contribution in [2.75, 3.05) is 38.2 Å². The number of piperazine rings is 1. The van der Waals surface area contributed by atoms with Crippen LogP contribution in [0.4, 0.5) is 5.69 Å². The summed E-state index contributed by atoms with van der Waals surface area (Å²) in [5.74, 6) is 0.604. The van der Waals surface area contributed by atoms with Gasteiger partial charge in [0.2, 0.25) is 5.91 Å². The Morgan fingerprint density at radius 3 is 2.43 bits per heavy atom. The largest absolute Gasteiger partial charge is 0.495 e. The highest BCUT2D eigenvalue weighted by atomic mass is 35.5. The maximum Gasteiger partial charge on any atom is 0.242 e. The molecule has 1 aliphatic rings. The summed E-state index contributed by atoms with van der Waals surface area (Å²) >= 11 is 6.06. The Hall–Kier alpha value is -3.49. The molecular weight excluding hydrogens is 510 g/mol. The fourth-order valence-electron chi connectivity index (χ4n) is 4.85. The van der Waals surface area contributed by atoms with Gasteiger partial charge < -0.3 is 19.1 Å². The number of hydrogen-bond acceptors (Lipinski definition) is 5. The number of carbonyl (C=O) groups excluding carboxylic acids is 1. The summed E-state index contributed by atoms with van der Waals surface area (Å²) in [6.07, 6.45) is 1.59. The number of amides is 1. The average molecular weight is 538 g/mol. The lowest BCUT2D eigenvalue weighted by Gasteiger charge is -2.36. The molecule has 1 amide bonds. The van der Waals surface area contributed by atoms with Crippen molar-refractivity contribution in [3.8, 4) is 5.75 Å². The van der Waals surface area contributed by atoms with Crippen LogP contribution in [0.25, 0.3) is 10.9 Å². The minimum absolute atomic E-state index is 0.0424. The molecule has 4 aromatic rings. The zero-order chi connectivity index (χ0) is 26.0. The van der Waals surface area contributed by atoms with Crippen molar-refractivity contribution in [3.63, 3.8) is 0 Å². The van der Waals surface area contributed by atoms with Crippen LogP contribution in [0.1, 0.15) is 5.56 Å². The molecule has 1 saturated heterocycles. The van der Waals surface area contributed by atoms with E-state index in [0.717, 1.165) is 11.4 Å². The second-order valence-corrected chi connectivity index (χ2v) is 11.5. The fourth-order valence-corrected chi connectivity index (χ4v) is 6.63. The summed E-state index contributed by atoms with van der Waals surface area (Å²) in [6.45, 7) is 2.61. The Bertz CT molecular complexity index is 1540. The lowest BCUT2D eigenvalue weighted by Crippen LogP contribution is -2.49. The molecule has 0 N–H and O–H groups in total. The molecule has 3 aromatic carbocycles. The third kappa shape index (κ3) is 5.31. The second kappa shape index (κ2) is 10.5. The molecule has 0 bridgehead atoms. The van der Waals surface area contributed by atoms with Crippen LogP contribution in [-0.4, -0.2) is 57.1 Å². The van der Waals surface area contributed by atoms with E-state index < -0.39 is 9.84 Å². The van der Waals surface area contributed by atoms with Crippen LogP contribution < -0.4 is 9.64 Å². The van der Waals surface area contributed by atoms with Gasteiger partial charge in [-0.15, -0.1) is 0 Å². The summed E-state index contributed by atoms with van der Waals surface area (Å²) in [5.41, 5.74) is 2.35. The van der Waals surface area contributed by atoms with Crippen molar-refractivity contribution in [2.24, 2.45) is 0 Å². The first-order valence-electron chi connectivity index (χ1n) is 12.1. The van der Waals surface area contributed by atoms with Crippen LogP contribution in [0.3, 0.4) is 0 Å². The molecule has 7 nitrogen and oxygen atoms in total. The van der Waals surface area contributed by atoms with Gasteiger partial charge in [0.15, 0.2) is 9.84 Å². The normalized spacial score (nSPS) is 14.2. The summed E-state index contributed by atoms with van der Waals surface area (Å²) in [4.78, 5) is 17.5. The summed E-state index contributed by atoms with van der Waals surface area (Å²) < 4.78 is 34.0. The van der Waals surface area contributed by atoms with Crippen molar-refractivity contribution >= 4 is 43.9 Å². The van der Waals surface area contributed by atoms with Gasteiger partial charge in [-0.25, -0.2) is 8.42 Å². The lowest BCUT2D eigenvalue weighted by molar-refractivity contribution is -0.132. The van der Waals surface area contributed by atoms with E-state index in [-0.39, 0.29) is 23.1 Å².